The van der Waals surface area contributed by atoms with Crippen LogP contribution in [-0.2, 0) is 6.42 Å². The number of aromatic nitrogens is 2. The van der Waals surface area contributed by atoms with Crippen LogP contribution in [0.25, 0.3) is 0 Å². The van der Waals surface area contributed by atoms with Crippen molar-refractivity contribution in [3.8, 4) is 0 Å². The summed E-state index contributed by atoms with van der Waals surface area (Å²) in [5.74, 6) is 1.69. The minimum Gasteiger partial charge on any atom is -0.346 e. The normalized spacial score (nSPS) is 18.4. The number of hydrogen-bond donors (Lipinski definition) is 0. The molecular formula is C11H19ClN4S. The highest BCUT2D eigenvalue weighted by Crippen LogP contribution is 2.19. The Morgan fingerprint density at radius 2 is 2.18 bits per heavy atom. The molecule has 96 valence electrons. The molecule has 0 saturated carbocycles. The van der Waals surface area contributed by atoms with Gasteiger partial charge in [-0.15, -0.1) is 11.6 Å². The van der Waals surface area contributed by atoms with Crippen LogP contribution in [0.1, 0.15) is 19.2 Å². The Labute approximate surface area is 112 Å². The monoisotopic (exact) mass is 274 g/mol. The third kappa shape index (κ3) is 3.53. The van der Waals surface area contributed by atoms with Crippen LogP contribution in [0.5, 0.6) is 0 Å². The molecule has 0 aromatic carbocycles. The number of alkyl halides is 1. The van der Waals surface area contributed by atoms with E-state index in [1.807, 2.05) is 0 Å². The SMILES string of the molecule is CCc1nsc(N2CCCN(CCCl)CC2)n1. The van der Waals surface area contributed by atoms with Gasteiger partial charge in [0.2, 0.25) is 5.13 Å². The van der Waals surface area contributed by atoms with Crippen LogP contribution in [0.15, 0.2) is 0 Å². The summed E-state index contributed by atoms with van der Waals surface area (Å²) >= 11 is 7.31. The van der Waals surface area contributed by atoms with Gasteiger partial charge in [-0.3, -0.25) is 0 Å². The molecule has 0 spiro atoms. The molecule has 0 N–H and O–H groups in total. The van der Waals surface area contributed by atoms with Crippen LogP contribution in [0.2, 0.25) is 0 Å². The van der Waals surface area contributed by atoms with Crippen LogP contribution in [0, 0.1) is 0 Å². The molecule has 0 bridgehead atoms. The maximum Gasteiger partial charge on any atom is 0.205 e. The van der Waals surface area contributed by atoms with E-state index in [0.717, 1.165) is 56.0 Å². The highest BCUT2D eigenvalue weighted by Gasteiger charge is 2.17. The maximum atomic E-state index is 5.79. The van der Waals surface area contributed by atoms with Gasteiger partial charge in [-0.05, 0) is 13.0 Å². The van der Waals surface area contributed by atoms with Crippen molar-refractivity contribution in [1.29, 1.82) is 0 Å². The molecular weight excluding hydrogens is 256 g/mol. The van der Waals surface area contributed by atoms with Crippen molar-refractivity contribution in [2.24, 2.45) is 0 Å². The summed E-state index contributed by atoms with van der Waals surface area (Å²) < 4.78 is 4.35. The predicted octanol–water partition coefficient (Wildman–Crippen LogP) is 1.85. The van der Waals surface area contributed by atoms with E-state index < -0.39 is 0 Å². The van der Waals surface area contributed by atoms with Gasteiger partial charge in [0.25, 0.3) is 0 Å². The Morgan fingerprint density at radius 1 is 1.29 bits per heavy atom. The van der Waals surface area contributed by atoms with Crippen molar-refractivity contribution in [3.63, 3.8) is 0 Å². The molecule has 0 unspecified atom stereocenters. The zero-order chi connectivity index (χ0) is 12.1. The Bertz CT molecular complexity index is 344. The molecule has 1 saturated heterocycles. The Hall–Kier alpha value is -0.390. The van der Waals surface area contributed by atoms with E-state index in [1.54, 1.807) is 0 Å². The number of halogens is 1. The first kappa shape index (κ1) is 13.1. The highest BCUT2D eigenvalue weighted by molar-refractivity contribution is 7.09. The first-order valence-corrected chi connectivity index (χ1v) is 7.50. The zero-order valence-electron chi connectivity index (χ0n) is 10.2. The Balaban J connectivity index is 1.93. The summed E-state index contributed by atoms with van der Waals surface area (Å²) in [6.45, 7) is 7.42. The number of hydrogen-bond acceptors (Lipinski definition) is 5. The van der Waals surface area contributed by atoms with Gasteiger partial charge in [0.1, 0.15) is 5.82 Å². The zero-order valence-corrected chi connectivity index (χ0v) is 11.8. The minimum absolute atomic E-state index is 0.721. The summed E-state index contributed by atoms with van der Waals surface area (Å²) in [4.78, 5) is 9.33. The van der Waals surface area contributed by atoms with Crippen molar-refractivity contribution in [3.05, 3.63) is 5.82 Å². The first-order chi connectivity index (χ1) is 8.33. The predicted molar refractivity (Wildman–Crippen MR) is 73.3 cm³/mol. The van der Waals surface area contributed by atoms with Gasteiger partial charge >= 0.3 is 0 Å². The quantitative estimate of drug-likeness (QED) is 0.785. The molecule has 1 aromatic rings. The van der Waals surface area contributed by atoms with E-state index in [2.05, 4.69) is 26.1 Å². The molecule has 0 aliphatic carbocycles. The largest absolute Gasteiger partial charge is 0.346 e. The lowest BCUT2D eigenvalue weighted by atomic mass is 10.4. The summed E-state index contributed by atoms with van der Waals surface area (Å²) in [5, 5.41) is 1.08. The smallest absolute Gasteiger partial charge is 0.205 e. The third-order valence-corrected chi connectivity index (χ3v) is 4.02. The molecule has 17 heavy (non-hydrogen) atoms. The van der Waals surface area contributed by atoms with Crippen LogP contribution >= 0.6 is 23.1 Å². The van der Waals surface area contributed by atoms with E-state index in [-0.39, 0.29) is 0 Å². The van der Waals surface area contributed by atoms with Gasteiger partial charge in [-0.25, -0.2) is 4.98 Å². The topological polar surface area (TPSA) is 32.3 Å². The molecule has 0 amide bonds. The van der Waals surface area contributed by atoms with E-state index >= 15 is 0 Å². The van der Waals surface area contributed by atoms with Crippen molar-refractivity contribution in [2.75, 3.05) is 43.5 Å². The lowest BCUT2D eigenvalue weighted by Crippen LogP contribution is -2.31. The second-order valence-corrected chi connectivity index (χ2v) is 5.33. The third-order valence-electron chi connectivity index (χ3n) is 3.03. The second kappa shape index (κ2) is 6.52. The van der Waals surface area contributed by atoms with Gasteiger partial charge in [-0.1, -0.05) is 6.92 Å². The molecule has 1 fully saturated rings. The van der Waals surface area contributed by atoms with Crippen LogP contribution in [0.4, 0.5) is 5.13 Å². The van der Waals surface area contributed by atoms with Crippen molar-refractivity contribution >= 4 is 28.3 Å². The average Bonchev–Trinajstić information content (AvgIpc) is 2.70. The molecule has 2 heterocycles. The molecule has 6 heteroatoms. The lowest BCUT2D eigenvalue weighted by Gasteiger charge is -2.20. The van der Waals surface area contributed by atoms with E-state index in [0.29, 0.717) is 0 Å². The average molecular weight is 275 g/mol. The number of anilines is 1. The molecule has 2 rings (SSSR count). The molecule has 1 aliphatic heterocycles. The first-order valence-electron chi connectivity index (χ1n) is 6.19. The number of aryl methyl sites for hydroxylation is 1. The molecule has 4 nitrogen and oxygen atoms in total. The number of nitrogens with zero attached hydrogens (tertiary/aromatic N) is 4. The fourth-order valence-corrected chi connectivity index (χ4v) is 3.06. The van der Waals surface area contributed by atoms with Gasteiger partial charge in [0.05, 0.1) is 0 Å². The van der Waals surface area contributed by atoms with Crippen molar-refractivity contribution in [2.45, 2.75) is 19.8 Å². The van der Waals surface area contributed by atoms with E-state index in [9.17, 15) is 0 Å². The summed E-state index contributed by atoms with van der Waals surface area (Å²) in [5.41, 5.74) is 0. The molecule has 1 aliphatic rings. The molecule has 0 radical (unpaired) electrons. The van der Waals surface area contributed by atoms with Gasteiger partial charge in [-0.2, -0.15) is 4.37 Å². The van der Waals surface area contributed by atoms with Crippen molar-refractivity contribution < 1.29 is 0 Å². The van der Waals surface area contributed by atoms with Crippen LogP contribution < -0.4 is 4.90 Å². The minimum atomic E-state index is 0.721. The van der Waals surface area contributed by atoms with Gasteiger partial charge < -0.3 is 9.80 Å². The fraction of sp³-hybridized carbons (Fsp3) is 0.818. The van der Waals surface area contributed by atoms with Gasteiger partial charge in [0, 0.05) is 50.0 Å². The van der Waals surface area contributed by atoms with Crippen LogP contribution in [-0.4, -0.2) is 52.9 Å². The van der Waals surface area contributed by atoms with E-state index in [4.69, 9.17) is 11.6 Å². The van der Waals surface area contributed by atoms with Gasteiger partial charge in [0.15, 0.2) is 0 Å². The summed E-state index contributed by atoms with van der Waals surface area (Å²) in [6.07, 6.45) is 2.10. The maximum absolute atomic E-state index is 5.79. The standard InChI is InChI=1S/C11H19ClN4S/c1-2-10-13-11(17-14-10)16-6-3-5-15(7-4-12)8-9-16/h2-9H2,1H3. The number of rotatable bonds is 4. The Morgan fingerprint density at radius 3 is 2.88 bits per heavy atom. The van der Waals surface area contributed by atoms with Crippen molar-refractivity contribution in [1.82, 2.24) is 14.3 Å². The lowest BCUT2D eigenvalue weighted by molar-refractivity contribution is 0.311. The Kier molecular flexibility index (Phi) is 5.00. The summed E-state index contributed by atoms with van der Waals surface area (Å²) in [7, 11) is 0. The van der Waals surface area contributed by atoms with E-state index in [1.165, 1.54) is 18.0 Å². The molecule has 1 aromatic heterocycles. The second-order valence-electron chi connectivity index (χ2n) is 4.22. The molecule has 0 atom stereocenters. The van der Waals surface area contributed by atoms with Crippen LogP contribution in [0.3, 0.4) is 0 Å². The summed E-state index contributed by atoms with van der Waals surface area (Å²) in [6, 6.07) is 0. The highest BCUT2D eigenvalue weighted by atomic mass is 35.5. The fourth-order valence-electron chi connectivity index (χ4n) is 2.02.